The number of hydrogen-bond donors (Lipinski definition) is 1. The average molecular weight is 516 g/mol. The zero-order valence-corrected chi connectivity index (χ0v) is 19.0. The summed E-state index contributed by atoms with van der Waals surface area (Å²) in [5.74, 6) is 2.04. The van der Waals surface area contributed by atoms with Crippen LogP contribution in [0.15, 0.2) is 29.3 Å². The molecule has 1 aliphatic rings. The van der Waals surface area contributed by atoms with Crippen molar-refractivity contribution in [2.24, 2.45) is 4.99 Å². The maximum absolute atomic E-state index is 13.3. The summed E-state index contributed by atoms with van der Waals surface area (Å²) in [7, 11) is 0.227. The first kappa shape index (κ1) is 23.4. The van der Waals surface area contributed by atoms with E-state index in [1.54, 1.807) is 29.2 Å². The fourth-order valence-electron chi connectivity index (χ4n) is 2.61. The lowest BCUT2D eigenvalue weighted by atomic mass is 10.2. The van der Waals surface area contributed by atoms with Crippen molar-refractivity contribution in [3.05, 3.63) is 35.6 Å². The van der Waals surface area contributed by atoms with Crippen LogP contribution in [0.1, 0.15) is 5.56 Å². The molecule has 0 unspecified atom stereocenters. The first-order chi connectivity index (χ1) is 11.9. The molecule has 0 amide bonds. The molecule has 0 atom stereocenters. The number of rotatable bonds is 6. The topological polar surface area (TPSA) is 65.0 Å². The van der Waals surface area contributed by atoms with Crippen molar-refractivity contribution >= 4 is 51.7 Å². The first-order valence-electron chi connectivity index (χ1n) is 8.14. The van der Waals surface area contributed by atoms with E-state index in [0.717, 1.165) is 17.1 Å². The lowest BCUT2D eigenvalue weighted by Gasteiger charge is -2.26. The van der Waals surface area contributed by atoms with Gasteiger partial charge < -0.3 is 10.2 Å². The van der Waals surface area contributed by atoms with Crippen LogP contribution in [-0.2, 0) is 16.6 Å². The third-order valence-corrected chi connectivity index (χ3v) is 6.70. The van der Waals surface area contributed by atoms with E-state index in [1.165, 1.54) is 12.1 Å². The summed E-state index contributed by atoms with van der Waals surface area (Å²) in [6.07, 6.45) is 0. The smallest absolute Gasteiger partial charge is 0.215 e. The number of halogens is 2. The van der Waals surface area contributed by atoms with Crippen LogP contribution >= 0.6 is 35.7 Å². The van der Waals surface area contributed by atoms with Crippen LogP contribution in [-0.4, -0.2) is 74.6 Å². The van der Waals surface area contributed by atoms with E-state index in [4.69, 9.17) is 0 Å². The Morgan fingerprint density at radius 2 is 2.08 bits per heavy atom. The van der Waals surface area contributed by atoms with E-state index in [9.17, 15) is 12.8 Å². The standard InChI is InChI=1S/C16H25FN4O2S2.HI/c1-18-16(20(2)13-14-4-3-5-15(17)12-14)19-6-11-25(22,23)21-7-9-24-10-8-21;/h3-5,12H,6-11,13H2,1-2H3,(H,18,19);1H. The van der Waals surface area contributed by atoms with Gasteiger partial charge in [-0.2, -0.15) is 11.8 Å². The largest absolute Gasteiger partial charge is 0.355 e. The van der Waals surface area contributed by atoms with E-state index < -0.39 is 10.0 Å². The van der Waals surface area contributed by atoms with E-state index in [-0.39, 0.29) is 42.1 Å². The molecule has 1 aromatic carbocycles. The maximum Gasteiger partial charge on any atom is 0.215 e. The van der Waals surface area contributed by atoms with Gasteiger partial charge in [0, 0.05) is 51.8 Å². The van der Waals surface area contributed by atoms with Crippen molar-refractivity contribution in [2.75, 3.05) is 51.0 Å². The summed E-state index contributed by atoms with van der Waals surface area (Å²) >= 11 is 1.78. The molecule has 1 N–H and O–H groups in total. The summed E-state index contributed by atoms with van der Waals surface area (Å²) in [5, 5.41) is 3.07. The van der Waals surface area contributed by atoms with Gasteiger partial charge in [-0.1, -0.05) is 12.1 Å². The lowest BCUT2D eigenvalue weighted by molar-refractivity contribution is 0.442. The quantitative estimate of drug-likeness (QED) is 0.355. The van der Waals surface area contributed by atoms with Crippen molar-refractivity contribution < 1.29 is 12.8 Å². The van der Waals surface area contributed by atoms with Gasteiger partial charge in [-0.25, -0.2) is 17.1 Å². The van der Waals surface area contributed by atoms with E-state index in [0.29, 0.717) is 25.6 Å². The highest BCUT2D eigenvalue weighted by molar-refractivity contribution is 14.0. The Balaban J connectivity index is 0.00000338. The number of nitrogens with one attached hydrogen (secondary N) is 1. The minimum atomic E-state index is -3.24. The number of nitrogens with zero attached hydrogens (tertiary/aromatic N) is 3. The summed E-state index contributed by atoms with van der Waals surface area (Å²) in [4.78, 5) is 6.00. The lowest BCUT2D eigenvalue weighted by Crippen LogP contribution is -2.44. The predicted octanol–water partition coefficient (Wildman–Crippen LogP) is 1.83. The van der Waals surface area contributed by atoms with Gasteiger partial charge >= 0.3 is 0 Å². The van der Waals surface area contributed by atoms with Gasteiger partial charge in [0.25, 0.3) is 0 Å². The average Bonchev–Trinajstić information content (AvgIpc) is 2.59. The predicted molar refractivity (Wildman–Crippen MR) is 117 cm³/mol. The molecule has 148 valence electrons. The molecular formula is C16H26FIN4O2S2. The molecule has 10 heteroatoms. The Hall–Kier alpha value is -0.590. The molecule has 0 saturated carbocycles. The highest BCUT2D eigenvalue weighted by atomic mass is 127. The maximum atomic E-state index is 13.3. The summed E-state index contributed by atoms with van der Waals surface area (Å²) in [5.41, 5.74) is 0.823. The number of hydrogen-bond acceptors (Lipinski definition) is 4. The highest BCUT2D eigenvalue weighted by Crippen LogP contribution is 2.13. The molecule has 0 bridgehead atoms. The van der Waals surface area contributed by atoms with Crippen LogP contribution in [0.4, 0.5) is 4.39 Å². The zero-order valence-electron chi connectivity index (χ0n) is 15.0. The van der Waals surface area contributed by atoms with E-state index in [2.05, 4.69) is 10.3 Å². The normalized spacial score (nSPS) is 16.0. The SMILES string of the molecule is CN=C(NCCS(=O)(=O)N1CCSCC1)N(C)Cc1cccc(F)c1.I. The van der Waals surface area contributed by atoms with Gasteiger partial charge in [-0.15, -0.1) is 24.0 Å². The van der Waals surface area contributed by atoms with Crippen LogP contribution in [0.5, 0.6) is 0 Å². The van der Waals surface area contributed by atoms with Gasteiger partial charge in [0.05, 0.1) is 5.75 Å². The zero-order chi connectivity index (χ0) is 18.3. The number of sulfonamides is 1. The van der Waals surface area contributed by atoms with Crippen LogP contribution in [0.2, 0.25) is 0 Å². The summed E-state index contributed by atoms with van der Waals surface area (Å²) < 4.78 is 39.5. The highest BCUT2D eigenvalue weighted by Gasteiger charge is 2.23. The molecule has 0 aliphatic carbocycles. The molecule has 1 heterocycles. The second-order valence-electron chi connectivity index (χ2n) is 5.79. The molecule has 2 rings (SSSR count). The van der Waals surface area contributed by atoms with Crippen LogP contribution in [0.3, 0.4) is 0 Å². The van der Waals surface area contributed by atoms with Crippen molar-refractivity contribution in [1.29, 1.82) is 0 Å². The Morgan fingerprint density at radius 3 is 2.69 bits per heavy atom. The van der Waals surface area contributed by atoms with Crippen LogP contribution in [0, 0.1) is 5.82 Å². The summed E-state index contributed by atoms with van der Waals surface area (Å²) in [6.45, 7) is 1.93. The van der Waals surface area contributed by atoms with Crippen LogP contribution in [0.25, 0.3) is 0 Å². The Labute approximate surface area is 176 Å². The third-order valence-electron chi connectivity index (χ3n) is 3.89. The monoisotopic (exact) mass is 516 g/mol. The molecule has 26 heavy (non-hydrogen) atoms. The Morgan fingerprint density at radius 1 is 1.38 bits per heavy atom. The summed E-state index contributed by atoms with van der Waals surface area (Å²) in [6, 6.07) is 6.38. The fourth-order valence-corrected chi connectivity index (χ4v) is 5.11. The number of benzene rings is 1. The minimum absolute atomic E-state index is 0. The Kier molecular flexibility index (Phi) is 10.2. The number of aliphatic imine (C=N–C) groups is 1. The van der Waals surface area contributed by atoms with Gasteiger partial charge in [0.15, 0.2) is 5.96 Å². The Bertz CT molecular complexity index is 697. The molecule has 1 fully saturated rings. The van der Waals surface area contributed by atoms with E-state index >= 15 is 0 Å². The molecule has 6 nitrogen and oxygen atoms in total. The molecule has 0 spiro atoms. The third kappa shape index (κ3) is 7.20. The van der Waals surface area contributed by atoms with Gasteiger partial charge in [0.2, 0.25) is 10.0 Å². The van der Waals surface area contributed by atoms with Crippen molar-refractivity contribution in [3.63, 3.8) is 0 Å². The molecule has 1 aromatic rings. The molecule has 0 radical (unpaired) electrons. The van der Waals surface area contributed by atoms with Crippen LogP contribution < -0.4 is 5.32 Å². The molecule has 1 aliphatic heterocycles. The van der Waals surface area contributed by atoms with Gasteiger partial charge in [0.1, 0.15) is 5.82 Å². The van der Waals surface area contributed by atoms with E-state index in [1.807, 2.05) is 18.0 Å². The van der Waals surface area contributed by atoms with Gasteiger partial charge in [-0.3, -0.25) is 4.99 Å². The fraction of sp³-hybridized carbons (Fsp3) is 0.562. The molecule has 0 aromatic heterocycles. The number of thioether (sulfide) groups is 1. The van der Waals surface area contributed by atoms with Crippen molar-refractivity contribution in [1.82, 2.24) is 14.5 Å². The van der Waals surface area contributed by atoms with Gasteiger partial charge in [-0.05, 0) is 17.7 Å². The first-order valence-corrected chi connectivity index (χ1v) is 10.9. The number of guanidine groups is 1. The molecule has 1 saturated heterocycles. The van der Waals surface area contributed by atoms with Crippen molar-refractivity contribution in [3.8, 4) is 0 Å². The minimum Gasteiger partial charge on any atom is -0.355 e. The molecular weight excluding hydrogens is 490 g/mol. The second kappa shape index (κ2) is 11.3. The van der Waals surface area contributed by atoms with Crippen molar-refractivity contribution in [2.45, 2.75) is 6.54 Å². The second-order valence-corrected chi connectivity index (χ2v) is 9.10.